The summed E-state index contributed by atoms with van der Waals surface area (Å²) in [5.74, 6) is 0. The quantitative estimate of drug-likeness (QED) is 0.777. The van der Waals surface area contributed by atoms with Crippen molar-refractivity contribution in [1.29, 1.82) is 0 Å². The van der Waals surface area contributed by atoms with Gasteiger partial charge >= 0.3 is 0 Å². The van der Waals surface area contributed by atoms with E-state index in [9.17, 15) is 0 Å². The van der Waals surface area contributed by atoms with Crippen molar-refractivity contribution in [1.82, 2.24) is 0 Å². The van der Waals surface area contributed by atoms with Crippen LogP contribution in [0, 0.1) is 0 Å². The van der Waals surface area contributed by atoms with Crippen LogP contribution in [0.2, 0.25) is 0 Å². The molecule has 1 saturated heterocycles. The van der Waals surface area contributed by atoms with Gasteiger partial charge in [-0.15, -0.1) is 0 Å². The zero-order valence-electron chi connectivity index (χ0n) is 8.11. The fraction of sp³-hybridized carbons (Fsp3) is 0.455. The molecular weight excluding hydrogens is 178 g/mol. The number of benzene rings is 1. The maximum Gasteiger partial charge on any atom is 0.105 e. The highest BCUT2D eigenvalue weighted by molar-refractivity contribution is 5.21. The molecule has 0 atom stereocenters. The molecule has 0 saturated carbocycles. The Labute approximate surface area is 83.8 Å². The minimum absolute atomic E-state index is 0.296. The van der Waals surface area contributed by atoms with Crippen LogP contribution >= 0.6 is 0 Å². The predicted molar refractivity (Wildman–Crippen MR) is 53.7 cm³/mol. The summed E-state index contributed by atoms with van der Waals surface area (Å²) in [6.07, 6.45) is 0.296. The summed E-state index contributed by atoms with van der Waals surface area (Å²) >= 11 is 0. The van der Waals surface area contributed by atoms with Gasteiger partial charge in [-0.2, -0.15) is 0 Å². The van der Waals surface area contributed by atoms with E-state index in [0.717, 1.165) is 18.8 Å². The Bertz CT molecular complexity index is 280. The standard InChI is InChI=1S/C11H15NO2/c12-5-9-1-3-10(4-2-9)6-14-11-7-13-8-11/h1-4,11H,5-8,12H2. The molecule has 1 aliphatic heterocycles. The lowest BCUT2D eigenvalue weighted by Crippen LogP contribution is -2.35. The first-order chi connectivity index (χ1) is 6.88. The second kappa shape index (κ2) is 4.55. The lowest BCUT2D eigenvalue weighted by molar-refractivity contribution is -0.135. The Morgan fingerprint density at radius 2 is 1.86 bits per heavy atom. The van der Waals surface area contributed by atoms with Gasteiger partial charge in [-0.1, -0.05) is 24.3 Å². The molecule has 0 radical (unpaired) electrons. The molecule has 0 spiro atoms. The Morgan fingerprint density at radius 3 is 2.36 bits per heavy atom. The van der Waals surface area contributed by atoms with Crippen LogP contribution in [-0.2, 0) is 22.6 Å². The summed E-state index contributed by atoms with van der Waals surface area (Å²) in [7, 11) is 0. The third-order valence-electron chi connectivity index (χ3n) is 2.35. The molecule has 1 aromatic rings. The topological polar surface area (TPSA) is 44.5 Å². The molecular formula is C11H15NO2. The Hall–Kier alpha value is -0.900. The summed E-state index contributed by atoms with van der Waals surface area (Å²) in [6, 6.07) is 8.19. The van der Waals surface area contributed by atoms with Crippen LogP contribution in [0.4, 0.5) is 0 Å². The maximum absolute atomic E-state index is 5.58. The third-order valence-corrected chi connectivity index (χ3v) is 2.35. The van der Waals surface area contributed by atoms with Crippen LogP contribution in [-0.4, -0.2) is 19.3 Å². The van der Waals surface area contributed by atoms with E-state index in [-0.39, 0.29) is 0 Å². The van der Waals surface area contributed by atoms with E-state index < -0.39 is 0 Å². The van der Waals surface area contributed by atoms with E-state index in [4.69, 9.17) is 15.2 Å². The first kappa shape index (κ1) is 9.65. The number of rotatable bonds is 4. The predicted octanol–water partition coefficient (Wildman–Crippen LogP) is 1.06. The third kappa shape index (κ3) is 2.32. The Kier molecular flexibility index (Phi) is 3.14. The zero-order chi connectivity index (χ0) is 9.80. The molecule has 1 aliphatic rings. The Morgan fingerprint density at radius 1 is 1.21 bits per heavy atom. The molecule has 2 N–H and O–H groups in total. The molecule has 0 unspecified atom stereocenters. The largest absolute Gasteiger partial charge is 0.376 e. The molecule has 76 valence electrons. The van der Waals surface area contributed by atoms with Gasteiger partial charge in [0.15, 0.2) is 0 Å². The first-order valence-electron chi connectivity index (χ1n) is 4.85. The molecule has 2 rings (SSSR count). The van der Waals surface area contributed by atoms with Gasteiger partial charge in [-0.3, -0.25) is 0 Å². The number of nitrogens with two attached hydrogens (primary N) is 1. The molecule has 3 heteroatoms. The first-order valence-corrected chi connectivity index (χ1v) is 4.85. The van der Waals surface area contributed by atoms with Gasteiger partial charge in [0, 0.05) is 6.54 Å². The lowest BCUT2D eigenvalue weighted by Gasteiger charge is -2.25. The molecule has 3 nitrogen and oxygen atoms in total. The lowest BCUT2D eigenvalue weighted by atomic mass is 10.1. The van der Waals surface area contributed by atoms with E-state index in [1.165, 1.54) is 5.56 Å². The molecule has 0 aromatic heterocycles. The van der Waals surface area contributed by atoms with Gasteiger partial charge in [0.05, 0.1) is 19.8 Å². The molecule has 1 aromatic carbocycles. The average Bonchev–Trinajstić information content (AvgIpc) is 2.16. The van der Waals surface area contributed by atoms with Gasteiger partial charge < -0.3 is 15.2 Å². The monoisotopic (exact) mass is 193 g/mol. The van der Waals surface area contributed by atoms with Crippen LogP contribution in [0.3, 0.4) is 0 Å². The molecule has 0 amide bonds. The average molecular weight is 193 g/mol. The highest BCUT2D eigenvalue weighted by Crippen LogP contribution is 2.10. The molecule has 1 heterocycles. The second-order valence-corrected chi connectivity index (χ2v) is 3.49. The smallest absolute Gasteiger partial charge is 0.105 e. The van der Waals surface area contributed by atoms with Crippen molar-refractivity contribution in [2.75, 3.05) is 13.2 Å². The van der Waals surface area contributed by atoms with Gasteiger partial charge in [0.25, 0.3) is 0 Å². The van der Waals surface area contributed by atoms with Crippen LogP contribution in [0.25, 0.3) is 0 Å². The molecule has 14 heavy (non-hydrogen) atoms. The Balaban J connectivity index is 1.83. The SMILES string of the molecule is NCc1ccc(COC2COC2)cc1. The molecule has 0 aliphatic carbocycles. The van der Waals surface area contributed by atoms with Crippen LogP contribution in [0.1, 0.15) is 11.1 Å². The van der Waals surface area contributed by atoms with Gasteiger partial charge in [0.1, 0.15) is 6.10 Å². The van der Waals surface area contributed by atoms with Crippen molar-refractivity contribution >= 4 is 0 Å². The van der Waals surface area contributed by atoms with E-state index >= 15 is 0 Å². The molecule has 0 bridgehead atoms. The number of ether oxygens (including phenoxy) is 2. The minimum atomic E-state index is 0.296. The van der Waals surface area contributed by atoms with Crippen molar-refractivity contribution in [2.24, 2.45) is 5.73 Å². The van der Waals surface area contributed by atoms with Gasteiger partial charge in [-0.25, -0.2) is 0 Å². The fourth-order valence-electron chi connectivity index (χ4n) is 1.30. The highest BCUT2D eigenvalue weighted by Gasteiger charge is 2.18. The van der Waals surface area contributed by atoms with Crippen molar-refractivity contribution < 1.29 is 9.47 Å². The van der Waals surface area contributed by atoms with Crippen molar-refractivity contribution in [3.63, 3.8) is 0 Å². The van der Waals surface area contributed by atoms with Gasteiger partial charge in [-0.05, 0) is 11.1 Å². The van der Waals surface area contributed by atoms with E-state index in [1.807, 2.05) is 12.1 Å². The normalized spacial score (nSPS) is 16.6. The summed E-state index contributed by atoms with van der Waals surface area (Å²) in [4.78, 5) is 0. The maximum atomic E-state index is 5.58. The summed E-state index contributed by atoms with van der Waals surface area (Å²) < 4.78 is 10.6. The van der Waals surface area contributed by atoms with Crippen molar-refractivity contribution in [2.45, 2.75) is 19.3 Å². The minimum Gasteiger partial charge on any atom is -0.376 e. The number of hydrogen-bond donors (Lipinski definition) is 1. The summed E-state index contributed by atoms with van der Waals surface area (Å²) in [5.41, 5.74) is 7.85. The van der Waals surface area contributed by atoms with E-state index in [0.29, 0.717) is 19.3 Å². The fourth-order valence-corrected chi connectivity index (χ4v) is 1.30. The van der Waals surface area contributed by atoms with Crippen molar-refractivity contribution in [3.8, 4) is 0 Å². The highest BCUT2D eigenvalue weighted by atomic mass is 16.6. The number of hydrogen-bond acceptors (Lipinski definition) is 3. The van der Waals surface area contributed by atoms with E-state index in [2.05, 4.69) is 12.1 Å². The van der Waals surface area contributed by atoms with Gasteiger partial charge in [0.2, 0.25) is 0 Å². The van der Waals surface area contributed by atoms with Crippen LogP contribution in [0.5, 0.6) is 0 Å². The van der Waals surface area contributed by atoms with Crippen molar-refractivity contribution in [3.05, 3.63) is 35.4 Å². The summed E-state index contributed by atoms with van der Waals surface area (Å²) in [6.45, 7) is 2.73. The second-order valence-electron chi connectivity index (χ2n) is 3.49. The van der Waals surface area contributed by atoms with E-state index in [1.54, 1.807) is 0 Å². The summed E-state index contributed by atoms with van der Waals surface area (Å²) in [5, 5.41) is 0. The molecule has 1 fully saturated rings. The van der Waals surface area contributed by atoms with Crippen LogP contribution in [0.15, 0.2) is 24.3 Å². The van der Waals surface area contributed by atoms with Crippen LogP contribution < -0.4 is 5.73 Å². The zero-order valence-corrected chi connectivity index (χ0v) is 8.11.